The van der Waals surface area contributed by atoms with Crippen molar-refractivity contribution in [2.45, 2.75) is 11.7 Å². The van der Waals surface area contributed by atoms with E-state index in [9.17, 15) is 9.59 Å². The van der Waals surface area contributed by atoms with Crippen molar-refractivity contribution >= 4 is 40.4 Å². The molecule has 1 atom stereocenters. The fourth-order valence-corrected chi connectivity index (χ4v) is 3.08. The quantitative estimate of drug-likeness (QED) is 0.844. The third-order valence-electron chi connectivity index (χ3n) is 3.25. The molecule has 1 aliphatic heterocycles. The first-order chi connectivity index (χ1) is 12.1. The lowest BCUT2D eigenvalue weighted by atomic mass is 10.2. The second kappa shape index (κ2) is 7.75. The molecule has 1 aliphatic rings. The Hall–Kier alpha value is -2.94. The van der Waals surface area contributed by atoms with E-state index in [-0.39, 0.29) is 24.2 Å². The third kappa shape index (κ3) is 4.54. The number of aliphatic imine (C=N–C) groups is 1. The Balaban J connectivity index is 1.60. The molecule has 1 aromatic carbocycles. The Labute approximate surface area is 148 Å². The largest absolute Gasteiger partial charge is 0.497 e. The highest BCUT2D eigenvalue weighted by Crippen LogP contribution is 2.25. The van der Waals surface area contributed by atoms with E-state index >= 15 is 0 Å². The minimum absolute atomic E-state index is 0.0301. The number of amidine groups is 1. The standard InChI is InChI=1S/C16H15N5O3S/c1-24-11-5-2-4-10(8-11)19-13(22)9-12-14(23)20-16(25-12)21-15-17-6-3-7-18-15/h2-8,12H,9H2,1H3,(H,19,22)(H,17,18,20,21,23). The normalized spacial score (nSPS) is 18.0. The van der Waals surface area contributed by atoms with E-state index < -0.39 is 5.25 Å². The molecule has 2 heterocycles. The summed E-state index contributed by atoms with van der Waals surface area (Å²) in [5.41, 5.74) is 0.610. The summed E-state index contributed by atoms with van der Waals surface area (Å²) in [5, 5.41) is 5.22. The molecule has 1 unspecified atom stereocenters. The highest BCUT2D eigenvalue weighted by molar-refractivity contribution is 8.15. The highest BCUT2D eigenvalue weighted by Gasteiger charge is 2.32. The molecule has 1 aromatic heterocycles. The van der Waals surface area contributed by atoms with E-state index in [2.05, 4.69) is 25.6 Å². The molecular weight excluding hydrogens is 342 g/mol. The van der Waals surface area contributed by atoms with E-state index in [1.54, 1.807) is 49.8 Å². The number of nitrogens with one attached hydrogen (secondary N) is 2. The van der Waals surface area contributed by atoms with Crippen molar-refractivity contribution in [2.24, 2.45) is 4.99 Å². The second-order valence-corrected chi connectivity index (χ2v) is 6.24. The number of methoxy groups -OCH3 is 1. The van der Waals surface area contributed by atoms with Crippen LogP contribution >= 0.6 is 11.8 Å². The average Bonchev–Trinajstić information content (AvgIpc) is 2.95. The smallest absolute Gasteiger partial charge is 0.251 e. The average molecular weight is 357 g/mol. The van der Waals surface area contributed by atoms with Crippen LogP contribution in [0.2, 0.25) is 0 Å². The van der Waals surface area contributed by atoms with Gasteiger partial charge in [-0.25, -0.2) is 9.97 Å². The Morgan fingerprint density at radius 1 is 1.36 bits per heavy atom. The van der Waals surface area contributed by atoms with Crippen molar-refractivity contribution in [3.63, 3.8) is 0 Å². The Morgan fingerprint density at radius 3 is 2.92 bits per heavy atom. The van der Waals surface area contributed by atoms with Gasteiger partial charge in [0.05, 0.1) is 7.11 Å². The first kappa shape index (κ1) is 16.9. The molecule has 2 amide bonds. The van der Waals surface area contributed by atoms with Gasteiger partial charge in [-0.05, 0) is 18.2 Å². The number of anilines is 1. The van der Waals surface area contributed by atoms with Crippen LogP contribution in [0.5, 0.6) is 5.75 Å². The minimum Gasteiger partial charge on any atom is -0.497 e. The van der Waals surface area contributed by atoms with Gasteiger partial charge in [0, 0.05) is 30.6 Å². The molecule has 0 radical (unpaired) electrons. The van der Waals surface area contributed by atoms with Crippen molar-refractivity contribution in [1.29, 1.82) is 0 Å². The van der Waals surface area contributed by atoms with Crippen LogP contribution in [0.15, 0.2) is 47.7 Å². The van der Waals surface area contributed by atoms with E-state index in [0.717, 1.165) is 0 Å². The van der Waals surface area contributed by atoms with Gasteiger partial charge in [-0.15, -0.1) is 0 Å². The maximum atomic E-state index is 12.2. The summed E-state index contributed by atoms with van der Waals surface area (Å²) >= 11 is 1.18. The van der Waals surface area contributed by atoms with Gasteiger partial charge in [0.2, 0.25) is 11.8 Å². The fourth-order valence-electron chi connectivity index (χ4n) is 2.11. The molecule has 0 bridgehead atoms. The topological polar surface area (TPSA) is 106 Å². The molecule has 0 saturated carbocycles. The summed E-state index contributed by atoms with van der Waals surface area (Å²) in [6.45, 7) is 0. The number of aromatic nitrogens is 2. The van der Waals surface area contributed by atoms with Gasteiger partial charge >= 0.3 is 0 Å². The van der Waals surface area contributed by atoms with Crippen LogP contribution in [0.3, 0.4) is 0 Å². The van der Waals surface area contributed by atoms with E-state index in [4.69, 9.17) is 4.74 Å². The zero-order chi connectivity index (χ0) is 17.6. The van der Waals surface area contributed by atoms with Crippen LogP contribution in [-0.4, -0.2) is 39.3 Å². The summed E-state index contributed by atoms with van der Waals surface area (Å²) < 4.78 is 5.11. The third-order valence-corrected chi connectivity index (χ3v) is 4.34. The van der Waals surface area contributed by atoms with E-state index in [1.165, 1.54) is 11.8 Å². The van der Waals surface area contributed by atoms with Crippen LogP contribution < -0.4 is 15.4 Å². The summed E-state index contributed by atoms with van der Waals surface area (Å²) in [4.78, 5) is 36.3. The van der Waals surface area contributed by atoms with Crippen LogP contribution in [0.4, 0.5) is 11.6 Å². The lowest BCUT2D eigenvalue weighted by Gasteiger charge is -2.08. The number of amides is 2. The first-order valence-corrected chi connectivity index (χ1v) is 8.29. The summed E-state index contributed by atoms with van der Waals surface area (Å²) in [6, 6.07) is 8.69. The van der Waals surface area contributed by atoms with Gasteiger partial charge in [0.1, 0.15) is 11.0 Å². The molecule has 128 valence electrons. The summed E-state index contributed by atoms with van der Waals surface area (Å²) in [5.74, 6) is 0.369. The monoisotopic (exact) mass is 357 g/mol. The first-order valence-electron chi connectivity index (χ1n) is 7.41. The van der Waals surface area contributed by atoms with E-state index in [0.29, 0.717) is 16.6 Å². The number of carbonyl (C=O) groups excluding carboxylic acids is 2. The molecule has 9 heteroatoms. The number of rotatable bonds is 5. The molecule has 0 spiro atoms. The molecule has 8 nitrogen and oxygen atoms in total. The number of hydrogen-bond acceptors (Lipinski definition) is 7. The van der Waals surface area contributed by atoms with Crippen molar-refractivity contribution in [2.75, 3.05) is 12.4 Å². The van der Waals surface area contributed by atoms with Crippen molar-refractivity contribution in [3.8, 4) is 5.75 Å². The van der Waals surface area contributed by atoms with Gasteiger partial charge in [-0.3, -0.25) is 9.59 Å². The predicted molar refractivity (Wildman–Crippen MR) is 94.9 cm³/mol. The molecule has 0 aliphatic carbocycles. The molecule has 1 fully saturated rings. The van der Waals surface area contributed by atoms with E-state index in [1.807, 2.05) is 0 Å². The number of thioether (sulfide) groups is 1. The van der Waals surface area contributed by atoms with Gasteiger partial charge in [-0.1, -0.05) is 17.8 Å². The van der Waals surface area contributed by atoms with Gasteiger partial charge in [0.25, 0.3) is 5.95 Å². The van der Waals surface area contributed by atoms with Gasteiger partial charge in [-0.2, -0.15) is 4.99 Å². The predicted octanol–water partition coefficient (Wildman–Crippen LogP) is 1.73. The highest BCUT2D eigenvalue weighted by atomic mass is 32.2. The maximum Gasteiger partial charge on any atom is 0.251 e. The van der Waals surface area contributed by atoms with Crippen LogP contribution in [-0.2, 0) is 9.59 Å². The molecular formula is C16H15N5O3S. The Kier molecular flexibility index (Phi) is 5.24. The molecule has 2 aromatic rings. The number of carbonyl (C=O) groups is 2. The fraction of sp³-hybridized carbons (Fsp3) is 0.188. The van der Waals surface area contributed by atoms with Crippen molar-refractivity contribution < 1.29 is 14.3 Å². The van der Waals surface area contributed by atoms with Crippen LogP contribution in [0, 0.1) is 0 Å². The zero-order valence-corrected chi connectivity index (χ0v) is 14.1. The molecule has 25 heavy (non-hydrogen) atoms. The Morgan fingerprint density at radius 2 is 2.16 bits per heavy atom. The molecule has 2 N–H and O–H groups in total. The number of benzene rings is 1. The molecule has 3 rings (SSSR count). The minimum atomic E-state index is -0.548. The van der Waals surface area contributed by atoms with Gasteiger partial charge in [0.15, 0.2) is 5.17 Å². The lowest BCUT2D eigenvalue weighted by Crippen LogP contribution is -2.28. The maximum absolute atomic E-state index is 12.2. The Bertz CT molecular complexity index is 812. The SMILES string of the molecule is COc1cccc(NC(=O)CC2S/C(=N\c3ncccn3)NC2=O)c1. The number of nitrogens with zero attached hydrogens (tertiary/aromatic N) is 3. The van der Waals surface area contributed by atoms with Crippen molar-refractivity contribution in [3.05, 3.63) is 42.7 Å². The zero-order valence-electron chi connectivity index (χ0n) is 13.3. The van der Waals surface area contributed by atoms with Gasteiger partial charge < -0.3 is 15.4 Å². The lowest BCUT2D eigenvalue weighted by molar-refractivity contribution is -0.122. The summed E-state index contributed by atoms with van der Waals surface area (Å²) in [6.07, 6.45) is 3.15. The van der Waals surface area contributed by atoms with Crippen LogP contribution in [0.25, 0.3) is 0 Å². The molecule has 1 saturated heterocycles. The van der Waals surface area contributed by atoms with Crippen LogP contribution in [0.1, 0.15) is 6.42 Å². The van der Waals surface area contributed by atoms with Crippen molar-refractivity contribution in [1.82, 2.24) is 15.3 Å². The number of ether oxygens (including phenoxy) is 1. The number of hydrogen-bond donors (Lipinski definition) is 2. The second-order valence-electron chi connectivity index (χ2n) is 5.05. The summed E-state index contributed by atoms with van der Waals surface area (Å²) in [7, 11) is 1.55.